The van der Waals surface area contributed by atoms with Gasteiger partial charge in [0.25, 0.3) is 0 Å². The Balaban J connectivity index is 2.30. The largest absolute Gasteiger partial charge is 0.455 e. The Morgan fingerprint density at radius 3 is 2.81 bits per heavy atom. The van der Waals surface area contributed by atoms with Gasteiger partial charge in [-0.1, -0.05) is 22.0 Å². The summed E-state index contributed by atoms with van der Waals surface area (Å²) in [4.78, 5) is 3.97. The molecule has 0 saturated carbocycles. The van der Waals surface area contributed by atoms with E-state index in [0.29, 0.717) is 11.4 Å². The highest BCUT2D eigenvalue weighted by Crippen LogP contribution is 2.28. The Morgan fingerprint density at radius 2 is 2.06 bits per heavy atom. The molecule has 0 amide bonds. The van der Waals surface area contributed by atoms with Gasteiger partial charge in [-0.05, 0) is 24.6 Å². The normalized spacial score (nSPS) is 10.1. The number of aromatic nitrogens is 1. The lowest BCUT2D eigenvalue weighted by Gasteiger charge is -2.08. The van der Waals surface area contributed by atoms with Gasteiger partial charge in [-0.25, -0.2) is 0 Å². The fraction of sp³-hybridized carbons (Fsp3) is 0.0833. The van der Waals surface area contributed by atoms with Crippen molar-refractivity contribution in [2.24, 2.45) is 0 Å². The summed E-state index contributed by atoms with van der Waals surface area (Å²) in [7, 11) is 0. The van der Waals surface area contributed by atoms with Crippen molar-refractivity contribution in [3.05, 3.63) is 46.7 Å². The number of pyridine rings is 1. The van der Waals surface area contributed by atoms with E-state index < -0.39 is 0 Å². The molecule has 0 radical (unpaired) electrons. The molecule has 1 aromatic heterocycles. The number of benzene rings is 1. The van der Waals surface area contributed by atoms with E-state index in [-0.39, 0.29) is 0 Å². The predicted molar refractivity (Wildman–Crippen MR) is 67.6 cm³/mol. The Kier molecular flexibility index (Phi) is 3.10. The zero-order chi connectivity index (χ0) is 11.5. The second-order valence-electron chi connectivity index (χ2n) is 3.47. The van der Waals surface area contributed by atoms with Crippen molar-refractivity contribution in [1.82, 2.24) is 4.98 Å². The standard InChI is InChI=1S/C12H11BrN2O/c1-8-2-3-9(13)4-12(8)16-11-5-10(14)6-15-7-11/h2-7H,14H2,1H3. The summed E-state index contributed by atoms with van der Waals surface area (Å²) in [6.45, 7) is 1.99. The molecule has 0 unspecified atom stereocenters. The van der Waals surface area contributed by atoms with Crippen LogP contribution in [-0.2, 0) is 0 Å². The summed E-state index contributed by atoms with van der Waals surface area (Å²) >= 11 is 3.40. The minimum Gasteiger partial charge on any atom is -0.455 e. The first-order valence-corrected chi connectivity index (χ1v) is 5.59. The lowest BCUT2D eigenvalue weighted by Crippen LogP contribution is -1.91. The molecule has 2 rings (SSSR count). The first kappa shape index (κ1) is 11.0. The first-order chi connectivity index (χ1) is 7.65. The molecule has 0 spiro atoms. The van der Waals surface area contributed by atoms with Crippen LogP contribution in [0.5, 0.6) is 11.5 Å². The molecule has 0 saturated heterocycles. The minimum absolute atomic E-state index is 0.588. The second kappa shape index (κ2) is 4.53. The topological polar surface area (TPSA) is 48.1 Å². The lowest BCUT2D eigenvalue weighted by molar-refractivity contribution is 0.476. The number of ether oxygens (including phenoxy) is 1. The number of nitrogens with two attached hydrogens (primary N) is 1. The number of hydrogen-bond acceptors (Lipinski definition) is 3. The van der Waals surface area contributed by atoms with Crippen molar-refractivity contribution in [3.8, 4) is 11.5 Å². The number of hydrogen-bond donors (Lipinski definition) is 1. The van der Waals surface area contributed by atoms with Gasteiger partial charge >= 0.3 is 0 Å². The zero-order valence-electron chi connectivity index (χ0n) is 8.77. The van der Waals surface area contributed by atoms with Crippen LogP contribution in [-0.4, -0.2) is 4.98 Å². The third kappa shape index (κ3) is 2.52. The Hall–Kier alpha value is -1.55. The number of halogens is 1. The number of anilines is 1. The molecule has 0 aliphatic carbocycles. The predicted octanol–water partition coefficient (Wildman–Crippen LogP) is 3.53. The molecule has 0 bridgehead atoms. The maximum Gasteiger partial charge on any atom is 0.147 e. The average molecular weight is 279 g/mol. The maximum absolute atomic E-state index is 5.70. The summed E-state index contributed by atoms with van der Waals surface area (Å²) in [6.07, 6.45) is 3.22. The number of rotatable bonds is 2. The highest BCUT2D eigenvalue weighted by molar-refractivity contribution is 9.10. The van der Waals surface area contributed by atoms with Gasteiger partial charge in [0.05, 0.1) is 18.1 Å². The molecule has 1 aromatic carbocycles. The van der Waals surface area contributed by atoms with Crippen molar-refractivity contribution in [3.63, 3.8) is 0 Å². The summed E-state index contributed by atoms with van der Waals surface area (Å²) in [5, 5.41) is 0. The molecule has 0 atom stereocenters. The van der Waals surface area contributed by atoms with E-state index in [1.807, 2.05) is 25.1 Å². The number of aryl methyl sites for hydroxylation is 1. The van der Waals surface area contributed by atoms with Crippen LogP contribution in [0.2, 0.25) is 0 Å². The van der Waals surface area contributed by atoms with Crippen LogP contribution < -0.4 is 10.5 Å². The molecule has 82 valence electrons. The molecule has 0 fully saturated rings. The molecule has 2 aromatic rings. The molecule has 2 N–H and O–H groups in total. The van der Waals surface area contributed by atoms with E-state index in [4.69, 9.17) is 10.5 Å². The van der Waals surface area contributed by atoms with Gasteiger partial charge in [-0.15, -0.1) is 0 Å². The Labute approximate surface area is 102 Å². The summed E-state index contributed by atoms with van der Waals surface area (Å²) < 4.78 is 6.68. The fourth-order valence-corrected chi connectivity index (χ4v) is 1.64. The SMILES string of the molecule is Cc1ccc(Br)cc1Oc1cncc(N)c1. The fourth-order valence-electron chi connectivity index (χ4n) is 1.30. The Morgan fingerprint density at radius 1 is 1.25 bits per heavy atom. The van der Waals surface area contributed by atoms with E-state index >= 15 is 0 Å². The molecule has 0 aliphatic heterocycles. The van der Waals surface area contributed by atoms with Crippen LogP contribution in [0.15, 0.2) is 41.1 Å². The monoisotopic (exact) mass is 278 g/mol. The zero-order valence-corrected chi connectivity index (χ0v) is 10.4. The van der Waals surface area contributed by atoms with Crippen molar-refractivity contribution in [2.45, 2.75) is 6.92 Å². The maximum atomic E-state index is 5.70. The van der Waals surface area contributed by atoms with Crippen LogP contribution >= 0.6 is 15.9 Å². The first-order valence-electron chi connectivity index (χ1n) is 4.80. The van der Waals surface area contributed by atoms with Crippen LogP contribution in [0.3, 0.4) is 0 Å². The molecule has 0 aliphatic rings. The highest BCUT2D eigenvalue weighted by Gasteiger charge is 2.02. The summed E-state index contributed by atoms with van der Waals surface area (Å²) in [5.74, 6) is 1.43. The van der Waals surface area contributed by atoms with Crippen molar-refractivity contribution in [1.29, 1.82) is 0 Å². The van der Waals surface area contributed by atoms with Gasteiger partial charge in [0.15, 0.2) is 0 Å². The lowest BCUT2D eigenvalue weighted by atomic mass is 10.2. The molecular formula is C12H11BrN2O. The smallest absolute Gasteiger partial charge is 0.147 e. The van der Waals surface area contributed by atoms with E-state index in [0.717, 1.165) is 15.8 Å². The number of nitrogen functional groups attached to an aromatic ring is 1. The van der Waals surface area contributed by atoms with Gasteiger partial charge in [0, 0.05) is 10.5 Å². The Bertz CT molecular complexity index is 514. The van der Waals surface area contributed by atoms with Gasteiger partial charge in [-0.2, -0.15) is 0 Å². The van der Waals surface area contributed by atoms with E-state index in [1.165, 1.54) is 0 Å². The summed E-state index contributed by atoms with van der Waals surface area (Å²) in [6, 6.07) is 7.62. The quantitative estimate of drug-likeness (QED) is 0.914. The van der Waals surface area contributed by atoms with E-state index in [9.17, 15) is 0 Å². The molecule has 16 heavy (non-hydrogen) atoms. The molecular weight excluding hydrogens is 268 g/mol. The van der Waals surface area contributed by atoms with Gasteiger partial charge in [0.1, 0.15) is 11.5 Å². The van der Waals surface area contributed by atoms with Crippen LogP contribution in [0.1, 0.15) is 5.56 Å². The van der Waals surface area contributed by atoms with Gasteiger partial charge < -0.3 is 10.5 Å². The third-order valence-corrected chi connectivity index (χ3v) is 2.61. The van der Waals surface area contributed by atoms with Crippen LogP contribution in [0, 0.1) is 6.92 Å². The van der Waals surface area contributed by atoms with Crippen LogP contribution in [0.4, 0.5) is 5.69 Å². The van der Waals surface area contributed by atoms with Gasteiger partial charge in [-0.3, -0.25) is 4.98 Å². The molecule has 4 heteroatoms. The average Bonchev–Trinajstić information content (AvgIpc) is 2.24. The van der Waals surface area contributed by atoms with Gasteiger partial charge in [0.2, 0.25) is 0 Å². The van der Waals surface area contributed by atoms with Crippen LogP contribution in [0.25, 0.3) is 0 Å². The third-order valence-electron chi connectivity index (χ3n) is 2.11. The molecule has 1 heterocycles. The summed E-state index contributed by atoms with van der Waals surface area (Å²) in [5.41, 5.74) is 7.28. The minimum atomic E-state index is 0.588. The van der Waals surface area contributed by atoms with E-state index in [1.54, 1.807) is 18.5 Å². The van der Waals surface area contributed by atoms with E-state index in [2.05, 4.69) is 20.9 Å². The van der Waals surface area contributed by atoms with Crippen molar-refractivity contribution < 1.29 is 4.74 Å². The number of nitrogens with zero attached hydrogens (tertiary/aromatic N) is 1. The highest BCUT2D eigenvalue weighted by atomic mass is 79.9. The van der Waals surface area contributed by atoms with Crippen molar-refractivity contribution >= 4 is 21.6 Å². The van der Waals surface area contributed by atoms with Crippen molar-refractivity contribution in [2.75, 3.05) is 5.73 Å². The molecule has 3 nitrogen and oxygen atoms in total. The second-order valence-corrected chi connectivity index (χ2v) is 4.38.